The molecule has 2 heterocycles. The average molecular weight is 281 g/mol. The standard InChI is InChI=1S/C18H23N3/c1-15(17-8-10-19-11-9-17)20-14-16-4-6-18(7-5-16)21-12-2-3-13-21/h4-11,15,20H,2-3,12-14H2,1H3/t15-/m1/s1. The molecule has 0 aliphatic carbocycles. The highest BCUT2D eigenvalue weighted by Crippen LogP contribution is 2.20. The summed E-state index contributed by atoms with van der Waals surface area (Å²) in [5.74, 6) is 0. The molecule has 1 aliphatic heterocycles. The van der Waals surface area contributed by atoms with Crippen LogP contribution in [-0.4, -0.2) is 18.1 Å². The second kappa shape index (κ2) is 6.72. The van der Waals surface area contributed by atoms with Crippen molar-refractivity contribution in [2.45, 2.75) is 32.4 Å². The lowest BCUT2D eigenvalue weighted by atomic mass is 10.1. The van der Waals surface area contributed by atoms with Crippen LogP contribution >= 0.6 is 0 Å². The highest BCUT2D eigenvalue weighted by atomic mass is 15.1. The SMILES string of the molecule is C[C@@H](NCc1ccc(N2CCCC2)cc1)c1ccncc1. The van der Waals surface area contributed by atoms with Crippen molar-refractivity contribution in [2.24, 2.45) is 0 Å². The average Bonchev–Trinajstić information content (AvgIpc) is 3.08. The van der Waals surface area contributed by atoms with Crippen molar-refractivity contribution in [1.29, 1.82) is 0 Å². The molecule has 21 heavy (non-hydrogen) atoms. The van der Waals surface area contributed by atoms with Crippen molar-refractivity contribution in [1.82, 2.24) is 10.3 Å². The van der Waals surface area contributed by atoms with Gasteiger partial charge in [-0.2, -0.15) is 0 Å². The van der Waals surface area contributed by atoms with Crippen LogP contribution in [0.25, 0.3) is 0 Å². The molecule has 1 atom stereocenters. The third-order valence-corrected chi connectivity index (χ3v) is 4.23. The Hall–Kier alpha value is -1.87. The zero-order chi connectivity index (χ0) is 14.5. The van der Waals surface area contributed by atoms with E-state index >= 15 is 0 Å². The molecule has 1 aromatic heterocycles. The summed E-state index contributed by atoms with van der Waals surface area (Å²) < 4.78 is 0. The molecule has 0 bridgehead atoms. The van der Waals surface area contributed by atoms with Gasteiger partial charge in [0.1, 0.15) is 0 Å². The van der Waals surface area contributed by atoms with Crippen LogP contribution in [-0.2, 0) is 6.54 Å². The van der Waals surface area contributed by atoms with E-state index in [2.05, 4.69) is 58.5 Å². The molecule has 0 amide bonds. The topological polar surface area (TPSA) is 28.2 Å². The molecule has 2 aromatic rings. The van der Waals surface area contributed by atoms with E-state index in [0.29, 0.717) is 6.04 Å². The molecule has 1 N–H and O–H groups in total. The first kappa shape index (κ1) is 14.1. The van der Waals surface area contributed by atoms with Crippen molar-refractivity contribution in [3.05, 3.63) is 59.9 Å². The number of nitrogens with one attached hydrogen (secondary N) is 1. The van der Waals surface area contributed by atoms with Gasteiger partial charge in [0.05, 0.1) is 0 Å². The van der Waals surface area contributed by atoms with Gasteiger partial charge in [-0.3, -0.25) is 4.98 Å². The first-order valence-corrected chi connectivity index (χ1v) is 7.80. The lowest BCUT2D eigenvalue weighted by molar-refractivity contribution is 0.574. The third kappa shape index (κ3) is 3.61. The van der Waals surface area contributed by atoms with Gasteiger partial charge < -0.3 is 10.2 Å². The quantitative estimate of drug-likeness (QED) is 0.908. The van der Waals surface area contributed by atoms with Gasteiger partial charge in [0.2, 0.25) is 0 Å². The van der Waals surface area contributed by atoms with Gasteiger partial charge in [-0.15, -0.1) is 0 Å². The van der Waals surface area contributed by atoms with Crippen LogP contribution < -0.4 is 10.2 Å². The van der Waals surface area contributed by atoms with Crippen molar-refractivity contribution < 1.29 is 0 Å². The number of hydrogen-bond acceptors (Lipinski definition) is 3. The van der Waals surface area contributed by atoms with E-state index in [1.54, 1.807) is 0 Å². The van der Waals surface area contributed by atoms with Gasteiger partial charge in [0.25, 0.3) is 0 Å². The highest BCUT2D eigenvalue weighted by Gasteiger charge is 2.11. The number of benzene rings is 1. The number of aromatic nitrogens is 1. The van der Waals surface area contributed by atoms with E-state index in [0.717, 1.165) is 6.54 Å². The lowest BCUT2D eigenvalue weighted by Gasteiger charge is -2.18. The first-order chi connectivity index (χ1) is 10.3. The van der Waals surface area contributed by atoms with E-state index in [1.165, 1.54) is 42.7 Å². The van der Waals surface area contributed by atoms with Crippen molar-refractivity contribution in [3.8, 4) is 0 Å². The Morgan fingerprint density at radius 2 is 1.71 bits per heavy atom. The smallest absolute Gasteiger partial charge is 0.0366 e. The van der Waals surface area contributed by atoms with Gasteiger partial charge >= 0.3 is 0 Å². The number of nitrogens with zero attached hydrogens (tertiary/aromatic N) is 2. The Labute approximate surface area is 127 Å². The van der Waals surface area contributed by atoms with Crippen molar-refractivity contribution in [3.63, 3.8) is 0 Å². The summed E-state index contributed by atoms with van der Waals surface area (Å²) in [6.45, 7) is 5.49. The minimum Gasteiger partial charge on any atom is -0.372 e. The Morgan fingerprint density at radius 1 is 1.05 bits per heavy atom. The maximum absolute atomic E-state index is 4.06. The molecule has 3 rings (SSSR count). The number of pyridine rings is 1. The van der Waals surface area contributed by atoms with Crippen LogP contribution in [0.2, 0.25) is 0 Å². The molecular weight excluding hydrogens is 258 g/mol. The van der Waals surface area contributed by atoms with Gasteiger partial charge in [-0.05, 0) is 55.2 Å². The van der Waals surface area contributed by atoms with Crippen LogP contribution in [0.1, 0.15) is 36.9 Å². The van der Waals surface area contributed by atoms with Gasteiger partial charge in [0, 0.05) is 43.8 Å². The largest absolute Gasteiger partial charge is 0.372 e. The summed E-state index contributed by atoms with van der Waals surface area (Å²) in [7, 11) is 0. The summed E-state index contributed by atoms with van der Waals surface area (Å²) in [5, 5.41) is 3.56. The fourth-order valence-corrected chi connectivity index (χ4v) is 2.84. The molecule has 0 radical (unpaired) electrons. The summed E-state index contributed by atoms with van der Waals surface area (Å²) >= 11 is 0. The number of rotatable bonds is 5. The van der Waals surface area contributed by atoms with E-state index in [1.807, 2.05) is 12.4 Å². The minimum absolute atomic E-state index is 0.339. The van der Waals surface area contributed by atoms with Gasteiger partial charge in [0.15, 0.2) is 0 Å². The monoisotopic (exact) mass is 281 g/mol. The van der Waals surface area contributed by atoms with Crippen LogP contribution in [0.15, 0.2) is 48.8 Å². The summed E-state index contributed by atoms with van der Waals surface area (Å²) in [6, 6.07) is 13.4. The lowest BCUT2D eigenvalue weighted by Crippen LogP contribution is -2.19. The Kier molecular flexibility index (Phi) is 4.51. The van der Waals surface area contributed by atoms with Crippen LogP contribution in [0.3, 0.4) is 0 Å². The fraction of sp³-hybridized carbons (Fsp3) is 0.389. The van der Waals surface area contributed by atoms with E-state index in [9.17, 15) is 0 Å². The van der Waals surface area contributed by atoms with Crippen molar-refractivity contribution in [2.75, 3.05) is 18.0 Å². The van der Waals surface area contributed by atoms with E-state index < -0.39 is 0 Å². The number of hydrogen-bond donors (Lipinski definition) is 1. The molecular formula is C18H23N3. The summed E-state index contributed by atoms with van der Waals surface area (Å²) in [5.41, 5.74) is 3.97. The number of anilines is 1. The van der Waals surface area contributed by atoms with Gasteiger partial charge in [-0.1, -0.05) is 12.1 Å². The Bertz CT molecular complexity index is 544. The molecule has 1 aliphatic rings. The second-order valence-corrected chi connectivity index (χ2v) is 5.74. The highest BCUT2D eigenvalue weighted by molar-refractivity contribution is 5.48. The van der Waals surface area contributed by atoms with Gasteiger partial charge in [-0.25, -0.2) is 0 Å². The third-order valence-electron chi connectivity index (χ3n) is 4.23. The zero-order valence-electron chi connectivity index (χ0n) is 12.6. The molecule has 1 aromatic carbocycles. The molecule has 3 nitrogen and oxygen atoms in total. The van der Waals surface area contributed by atoms with Crippen molar-refractivity contribution >= 4 is 5.69 Å². The molecule has 1 saturated heterocycles. The van der Waals surface area contributed by atoms with Crippen LogP contribution in [0.4, 0.5) is 5.69 Å². The first-order valence-electron chi connectivity index (χ1n) is 7.80. The predicted molar refractivity (Wildman–Crippen MR) is 87.4 cm³/mol. The molecule has 0 unspecified atom stereocenters. The Morgan fingerprint density at radius 3 is 2.38 bits per heavy atom. The predicted octanol–water partition coefficient (Wildman–Crippen LogP) is 3.53. The molecule has 0 spiro atoms. The maximum atomic E-state index is 4.06. The second-order valence-electron chi connectivity index (χ2n) is 5.74. The zero-order valence-corrected chi connectivity index (χ0v) is 12.6. The minimum atomic E-state index is 0.339. The maximum Gasteiger partial charge on any atom is 0.0366 e. The summed E-state index contributed by atoms with van der Waals surface area (Å²) in [6.07, 6.45) is 6.34. The molecule has 110 valence electrons. The van der Waals surface area contributed by atoms with Crippen LogP contribution in [0.5, 0.6) is 0 Å². The van der Waals surface area contributed by atoms with E-state index in [-0.39, 0.29) is 0 Å². The molecule has 0 saturated carbocycles. The normalized spacial score (nSPS) is 16.1. The fourth-order valence-electron chi connectivity index (χ4n) is 2.84. The molecule has 1 fully saturated rings. The Balaban J connectivity index is 1.55. The van der Waals surface area contributed by atoms with E-state index in [4.69, 9.17) is 0 Å². The summed E-state index contributed by atoms with van der Waals surface area (Å²) in [4.78, 5) is 6.53. The molecule has 3 heteroatoms. The van der Waals surface area contributed by atoms with Crippen LogP contribution in [0, 0.1) is 0 Å².